The van der Waals surface area contributed by atoms with E-state index in [0.717, 1.165) is 0 Å². The van der Waals surface area contributed by atoms with Crippen LogP contribution in [0.4, 0.5) is 10.1 Å². The van der Waals surface area contributed by atoms with Crippen molar-refractivity contribution in [3.8, 4) is 0 Å². The molecule has 1 rings (SSSR count). The molecule has 0 bridgehead atoms. The van der Waals surface area contributed by atoms with Crippen molar-refractivity contribution in [2.24, 2.45) is 0 Å². The summed E-state index contributed by atoms with van der Waals surface area (Å²) in [6, 6.07) is 4.04. The van der Waals surface area contributed by atoms with Crippen LogP contribution in [0.1, 0.15) is 0 Å². The fourth-order valence-corrected chi connectivity index (χ4v) is 1.52. The van der Waals surface area contributed by atoms with Gasteiger partial charge in [0.25, 0.3) is 0 Å². The summed E-state index contributed by atoms with van der Waals surface area (Å²) in [7, 11) is 1.58. The second-order valence-electron chi connectivity index (χ2n) is 3.73. The van der Waals surface area contributed by atoms with E-state index in [-0.39, 0.29) is 18.2 Å². The minimum Gasteiger partial charge on any atom is -0.389 e. The number of anilines is 1. The number of ether oxygens (including phenoxy) is 2. The van der Waals surface area contributed by atoms with Crippen LogP contribution in [0.25, 0.3) is 0 Å². The SMILES string of the molecule is COCCOCC(O)CNc1ccc(F)cc1Cl. The first-order valence-electron chi connectivity index (χ1n) is 5.57. The van der Waals surface area contributed by atoms with Gasteiger partial charge < -0.3 is 19.9 Å². The van der Waals surface area contributed by atoms with E-state index in [4.69, 9.17) is 21.1 Å². The van der Waals surface area contributed by atoms with E-state index in [9.17, 15) is 9.50 Å². The maximum absolute atomic E-state index is 12.8. The fraction of sp³-hybridized carbons (Fsp3) is 0.500. The minimum atomic E-state index is -0.664. The number of nitrogens with one attached hydrogen (secondary N) is 1. The molecule has 1 unspecified atom stereocenters. The summed E-state index contributed by atoms with van der Waals surface area (Å²) in [5.74, 6) is -0.394. The lowest BCUT2D eigenvalue weighted by Gasteiger charge is -2.14. The quantitative estimate of drug-likeness (QED) is 0.713. The number of hydrogen-bond acceptors (Lipinski definition) is 4. The van der Waals surface area contributed by atoms with Gasteiger partial charge in [0.15, 0.2) is 0 Å². The van der Waals surface area contributed by atoms with Crippen LogP contribution in [0, 0.1) is 5.82 Å². The van der Waals surface area contributed by atoms with Gasteiger partial charge in [0.05, 0.1) is 36.6 Å². The van der Waals surface area contributed by atoms with Crippen molar-refractivity contribution >= 4 is 17.3 Å². The molecule has 4 nitrogen and oxygen atoms in total. The van der Waals surface area contributed by atoms with Crippen molar-refractivity contribution in [3.05, 3.63) is 29.0 Å². The second-order valence-corrected chi connectivity index (χ2v) is 4.13. The highest BCUT2D eigenvalue weighted by atomic mass is 35.5. The summed E-state index contributed by atoms with van der Waals surface area (Å²) in [6.07, 6.45) is -0.664. The molecule has 102 valence electrons. The highest BCUT2D eigenvalue weighted by Crippen LogP contribution is 2.22. The van der Waals surface area contributed by atoms with E-state index in [2.05, 4.69) is 5.32 Å². The number of methoxy groups -OCH3 is 1. The average Bonchev–Trinajstić information content (AvgIpc) is 2.33. The topological polar surface area (TPSA) is 50.7 Å². The van der Waals surface area contributed by atoms with Crippen molar-refractivity contribution in [2.75, 3.05) is 38.8 Å². The van der Waals surface area contributed by atoms with E-state index >= 15 is 0 Å². The van der Waals surface area contributed by atoms with Gasteiger partial charge >= 0.3 is 0 Å². The van der Waals surface area contributed by atoms with E-state index in [1.54, 1.807) is 7.11 Å². The third-order valence-corrected chi connectivity index (χ3v) is 2.51. The van der Waals surface area contributed by atoms with E-state index in [0.29, 0.717) is 18.9 Å². The third-order valence-electron chi connectivity index (χ3n) is 2.20. The lowest BCUT2D eigenvalue weighted by molar-refractivity contribution is 0.0182. The Morgan fingerprint density at radius 3 is 2.89 bits per heavy atom. The Morgan fingerprint density at radius 1 is 1.44 bits per heavy atom. The standard InChI is InChI=1S/C12H17ClFNO3/c1-17-4-5-18-8-10(16)7-15-12-3-2-9(14)6-11(12)13/h2-3,6,10,15-16H,4-5,7-8H2,1H3. The monoisotopic (exact) mass is 277 g/mol. The largest absolute Gasteiger partial charge is 0.389 e. The number of aliphatic hydroxyl groups excluding tert-OH is 1. The van der Waals surface area contributed by atoms with E-state index in [1.165, 1.54) is 18.2 Å². The van der Waals surface area contributed by atoms with Gasteiger partial charge in [-0.25, -0.2) is 4.39 Å². The van der Waals surface area contributed by atoms with Gasteiger partial charge in [0, 0.05) is 13.7 Å². The predicted octanol–water partition coefficient (Wildman–Crippen LogP) is 1.91. The fourth-order valence-electron chi connectivity index (χ4n) is 1.28. The van der Waals surface area contributed by atoms with Crippen molar-refractivity contribution in [2.45, 2.75) is 6.10 Å². The molecule has 0 heterocycles. The minimum absolute atomic E-state index is 0.204. The summed E-state index contributed by atoms with van der Waals surface area (Å²) < 4.78 is 22.8. The zero-order valence-electron chi connectivity index (χ0n) is 10.2. The Kier molecular flexibility index (Phi) is 6.97. The molecule has 1 aromatic carbocycles. The highest BCUT2D eigenvalue weighted by Gasteiger charge is 2.06. The lowest BCUT2D eigenvalue weighted by atomic mass is 10.3. The van der Waals surface area contributed by atoms with Crippen molar-refractivity contribution in [1.29, 1.82) is 0 Å². The van der Waals surface area contributed by atoms with Crippen LogP contribution >= 0.6 is 11.6 Å². The summed E-state index contributed by atoms with van der Waals surface area (Å²) >= 11 is 5.83. The maximum atomic E-state index is 12.8. The normalized spacial score (nSPS) is 12.4. The van der Waals surface area contributed by atoms with Gasteiger partial charge in [-0.05, 0) is 18.2 Å². The molecule has 1 atom stereocenters. The van der Waals surface area contributed by atoms with Crippen LogP contribution in [0.3, 0.4) is 0 Å². The molecule has 0 aliphatic heterocycles. The zero-order chi connectivity index (χ0) is 13.4. The van der Waals surface area contributed by atoms with E-state index in [1.807, 2.05) is 0 Å². The molecule has 0 aliphatic carbocycles. The van der Waals surface area contributed by atoms with Crippen LogP contribution < -0.4 is 5.32 Å². The third kappa shape index (κ3) is 5.64. The molecule has 0 amide bonds. The summed E-state index contributed by atoms with van der Waals surface area (Å²) in [5.41, 5.74) is 0.578. The van der Waals surface area contributed by atoms with Gasteiger partial charge in [-0.2, -0.15) is 0 Å². The first kappa shape index (κ1) is 15.2. The molecule has 0 spiro atoms. The molecule has 1 aromatic rings. The number of halogens is 2. The first-order valence-corrected chi connectivity index (χ1v) is 5.95. The number of rotatable bonds is 8. The van der Waals surface area contributed by atoms with Gasteiger partial charge in [-0.15, -0.1) is 0 Å². The average molecular weight is 278 g/mol. The van der Waals surface area contributed by atoms with Crippen LogP contribution in [0.15, 0.2) is 18.2 Å². The summed E-state index contributed by atoms with van der Waals surface area (Å²) in [4.78, 5) is 0. The Balaban J connectivity index is 2.27. The Hall–Kier alpha value is -0.880. The summed E-state index contributed by atoms with van der Waals surface area (Å²) in [5, 5.41) is 12.8. The van der Waals surface area contributed by atoms with Crippen molar-refractivity contribution in [3.63, 3.8) is 0 Å². The smallest absolute Gasteiger partial charge is 0.124 e. The van der Waals surface area contributed by atoms with Crippen LogP contribution in [0.2, 0.25) is 5.02 Å². The zero-order valence-corrected chi connectivity index (χ0v) is 10.9. The molecular formula is C12H17ClFNO3. The highest BCUT2D eigenvalue weighted by molar-refractivity contribution is 6.33. The van der Waals surface area contributed by atoms with Gasteiger partial charge in [0.2, 0.25) is 0 Å². The van der Waals surface area contributed by atoms with E-state index < -0.39 is 11.9 Å². The molecule has 0 aliphatic rings. The van der Waals surface area contributed by atoms with Crippen molar-refractivity contribution in [1.82, 2.24) is 0 Å². The number of hydrogen-bond donors (Lipinski definition) is 2. The van der Waals surface area contributed by atoms with Crippen LogP contribution in [-0.4, -0.2) is 44.7 Å². The summed E-state index contributed by atoms with van der Waals surface area (Å²) in [6.45, 7) is 1.41. The molecule has 18 heavy (non-hydrogen) atoms. The Morgan fingerprint density at radius 2 is 2.22 bits per heavy atom. The predicted molar refractivity (Wildman–Crippen MR) is 68.6 cm³/mol. The lowest BCUT2D eigenvalue weighted by Crippen LogP contribution is -2.25. The molecule has 0 radical (unpaired) electrons. The second kappa shape index (κ2) is 8.26. The van der Waals surface area contributed by atoms with Gasteiger partial charge in [0.1, 0.15) is 5.82 Å². The Bertz CT molecular complexity index is 365. The first-order chi connectivity index (χ1) is 8.63. The molecule has 6 heteroatoms. The van der Waals surface area contributed by atoms with Gasteiger partial charge in [-0.3, -0.25) is 0 Å². The van der Waals surface area contributed by atoms with Crippen LogP contribution in [0.5, 0.6) is 0 Å². The number of aliphatic hydroxyl groups is 1. The van der Waals surface area contributed by atoms with Crippen molar-refractivity contribution < 1.29 is 19.0 Å². The molecule has 0 aromatic heterocycles. The van der Waals surface area contributed by atoms with Gasteiger partial charge in [-0.1, -0.05) is 11.6 Å². The van der Waals surface area contributed by atoms with Crippen LogP contribution in [-0.2, 0) is 9.47 Å². The number of benzene rings is 1. The molecule has 0 fully saturated rings. The molecular weight excluding hydrogens is 261 g/mol. The molecule has 0 saturated carbocycles. The molecule has 2 N–H and O–H groups in total. The maximum Gasteiger partial charge on any atom is 0.124 e. The molecule has 0 saturated heterocycles. The Labute approximate surface area is 111 Å².